The van der Waals surface area contributed by atoms with Crippen LogP contribution in [0.2, 0.25) is 0 Å². The van der Waals surface area contributed by atoms with Gasteiger partial charge in [0.1, 0.15) is 0 Å². The molecule has 150 valence electrons. The van der Waals surface area contributed by atoms with Crippen LogP contribution < -0.4 is 14.8 Å². The molecule has 1 heterocycles. The Labute approximate surface area is 171 Å². The van der Waals surface area contributed by atoms with Crippen LogP contribution in [0.4, 0.5) is 0 Å². The van der Waals surface area contributed by atoms with Gasteiger partial charge in [-0.3, -0.25) is 9.78 Å². The Morgan fingerprint density at radius 2 is 1.79 bits per heavy atom. The van der Waals surface area contributed by atoms with E-state index in [-0.39, 0.29) is 17.9 Å². The number of rotatable bonds is 5. The van der Waals surface area contributed by atoms with Crippen molar-refractivity contribution in [1.29, 1.82) is 0 Å². The molecule has 0 radical (unpaired) electrons. The summed E-state index contributed by atoms with van der Waals surface area (Å²) in [4.78, 5) is 17.5. The van der Waals surface area contributed by atoms with E-state index >= 15 is 0 Å². The zero-order chi connectivity index (χ0) is 20.2. The van der Waals surface area contributed by atoms with E-state index in [1.54, 1.807) is 26.5 Å². The number of nitrogens with one attached hydrogen (secondary N) is 1. The van der Waals surface area contributed by atoms with Crippen LogP contribution in [0.3, 0.4) is 0 Å². The fraction of sp³-hybridized carbons (Fsp3) is 0.333. The minimum absolute atomic E-state index is 0.0408. The molecule has 2 aromatic carbocycles. The van der Waals surface area contributed by atoms with Gasteiger partial charge < -0.3 is 14.8 Å². The first-order valence-corrected chi connectivity index (χ1v) is 10.1. The van der Waals surface area contributed by atoms with E-state index in [2.05, 4.69) is 16.4 Å². The zero-order valence-corrected chi connectivity index (χ0v) is 16.9. The third kappa shape index (κ3) is 3.90. The first kappa shape index (κ1) is 19.2. The summed E-state index contributed by atoms with van der Waals surface area (Å²) in [5, 5.41) is 4.18. The van der Waals surface area contributed by atoms with Gasteiger partial charge in [0, 0.05) is 23.5 Å². The molecule has 3 aromatic rings. The Balaban J connectivity index is 1.60. The second-order valence-electron chi connectivity index (χ2n) is 7.46. The van der Waals surface area contributed by atoms with Crippen LogP contribution in [-0.4, -0.2) is 31.2 Å². The van der Waals surface area contributed by atoms with Crippen molar-refractivity contribution in [2.24, 2.45) is 0 Å². The van der Waals surface area contributed by atoms with Gasteiger partial charge in [-0.15, -0.1) is 0 Å². The van der Waals surface area contributed by atoms with Gasteiger partial charge in [-0.05, 0) is 42.7 Å². The van der Waals surface area contributed by atoms with Gasteiger partial charge in [0.25, 0.3) is 5.91 Å². The topological polar surface area (TPSA) is 60.5 Å². The minimum atomic E-state index is -0.0408. The molecule has 1 aromatic heterocycles. The number of nitrogens with zero attached hydrogens (tertiary/aromatic N) is 1. The van der Waals surface area contributed by atoms with Gasteiger partial charge in [0.15, 0.2) is 11.5 Å². The number of aromatic nitrogens is 1. The lowest BCUT2D eigenvalue weighted by Gasteiger charge is -2.33. The number of benzene rings is 2. The standard InChI is InChI=1S/C24H26N2O3/c1-28-22-12-11-16(15-23(22)29-2)17-7-3-6-10-21(17)26-24(27)19-13-14-25-20-9-5-4-8-18(19)20/h4-5,8-9,11-15,17,21H,3,6-7,10H2,1-2H3,(H,26,27). The summed E-state index contributed by atoms with van der Waals surface area (Å²) in [6, 6.07) is 15.7. The molecule has 1 fully saturated rings. The normalized spacial score (nSPS) is 19.0. The molecule has 2 atom stereocenters. The fourth-order valence-electron chi connectivity index (χ4n) is 4.33. The number of pyridine rings is 1. The SMILES string of the molecule is COc1ccc(C2CCCCC2NC(=O)c2ccnc3ccccc23)cc1OC. The lowest BCUT2D eigenvalue weighted by atomic mass is 9.79. The highest BCUT2D eigenvalue weighted by Crippen LogP contribution is 2.37. The van der Waals surface area contributed by atoms with Crippen LogP contribution in [-0.2, 0) is 0 Å². The predicted octanol–water partition coefficient (Wildman–Crippen LogP) is 4.71. The van der Waals surface area contributed by atoms with Crippen molar-refractivity contribution in [2.75, 3.05) is 14.2 Å². The number of methoxy groups -OCH3 is 2. The molecule has 1 N–H and O–H groups in total. The Morgan fingerprint density at radius 1 is 1.00 bits per heavy atom. The number of ether oxygens (including phenoxy) is 2. The monoisotopic (exact) mass is 390 g/mol. The van der Waals surface area contributed by atoms with Crippen molar-refractivity contribution >= 4 is 16.8 Å². The summed E-state index contributed by atoms with van der Waals surface area (Å²) in [7, 11) is 3.29. The fourth-order valence-corrected chi connectivity index (χ4v) is 4.33. The van der Waals surface area contributed by atoms with Gasteiger partial charge in [0.2, 0.25) is 0 Å². The highest BCUT2D eigenvalue weighted by molar-refractivity contribution is 6.06. The Morgan fingerprint density at radius 3 is 2.62 bits per heavy atom. The largest absolute Gasteiger partial charge is 0.493 e. The average Bonchev–Trinajstić information content (AvgIpc) is 2.78. The van der Waals surface area contributed by atoms with Crippen molar-refractivity contribution in [2.45, 2.75) is 37.6 Å². The quantitative estimate of drug-likeness (QED) is 0.685. The lowest BCUT2D eigenvalue weighted by Crippen LogP contribution is -2.41. The number of hydrogen-bond donors (Lipinski definition) is 1. The van der Waals surface area contributed by atoms with E-state index in [4.69, 9.17) is 9.47 Å². The summed E-state index contributed by atoms with van der Waals surface area (Å²) >= 11 is 0. The third-order valence-corrected chi connectivity index (χ3v) is 5.81. The van der Waals surface area contributed by atoms with E-state index in [1.165, 1.54) is 5.56 Å². The molecule has 4 rings (SSSR count). The van der Waals surface area contributed by atoms with Gasteiger partial charge in [0.05, 0.1) is 25.3 Å². The number of amides is 1. The zero-order valence-electron chi connectivity index (χ0n) is 16.9. The second kappa shape index (κ2) is 8.52. The van der Waals surface area contributed by atoms with Crippen LogP contribution in [0.15, 0.2) is 54.7 Å². The van der Waals surface area contributed by atoms with Crippen molar-refractivity contribution < 1.29 is 14.3 Å². The highest BCUT2D eigenvalue weighted by Gasteiger charge is 2.29. The lowest BCUT2D eigenvalue weighted by molar-refractivity contribution is 0.0922. The summed E-state index contributed by atoms with van der Waals surface area (Å²) in [5.41, 5.74) is 2.68. The number of hydrogen-bond acceptors (Lipinski definition) is 4. The molecule has 1 aliphatic carbocycles. The Bertz CT molecular complexity index is 1010. The predicted molar refractivity (Wildman–Crippen MR) is 114 cm³/mol. The molecule has 5 heteroatoms. The summed E-state index contributed by atoms with van der Waals surface area (Å²) in [6.45, 7) is 0. The van der Waals surface area contributed by atoms with E-state index < -0.39 is 0 Å². The van der Waals surface area contributed by atoms with Crippen molar-refractivity contribution in [3.8, 4) is 11.5 Å². The van der Waals surface area contributed by atoms with Gasteiger partial charge >= 0.3 is 0 Å². The van der Waals surface area contributed by atoms with Crippen molar-refractivity contribution in [3.63, 3.8) is 0 Å². The molecule has 1 saturated carbocycles. The molecular formula is C24H26N2O3. The van der Waals surface area contributed by atoms with E-state index in [9.17, 15) is 4.79 Å². The maximum Gasteiger partial charge on any atom is 0.252 e. The van der Waals surface area contributed by atoms with Crippen molar-refractivity contribution in [1.82, 2.24) is 10.3 Å². The van der Waals surface area contributed by atoms with Gasteiger partial charge in [-0.2, -0.15) is 0 Å². The second-order valence-corrected chi connectivity index (χ2v) is 7.46. The molecule has 29 heavy (non-hydrogen) atoms. The van der Waals surface area contributed by atoms with Crippen LogP contribution >= 0.6 is 0 Å². The Hall–Kier alpha value is -3.08. The Kier molecular flexibility index (Phi) is 5.65. The number of carbonyl (C=O) groups excluding carboxylic acids is 1. The maximum absolute atomic E-state index is 13.1. The van der Waals surface area contributed by atoms with Crippen LogP contribution in [0.5, 0.6) is 11.5 Å². The maximum atomic E-state index is 13.1. The van der Waals surface area contributed by atoms with Crippen LogP contribution in [0.25, 0.3) is 10.9 Å². The van der Waals surface area contributed by atoms with E-state index in [1.807, 2.05) is 36.4 Å². The third-order valence-electron chi connectivity index (χ3n) is 5.81. The average molecular weight is 390 g/mol. The van der Waals surface area contributed by atoms with E-state index in [0.717, 1.165) is 48.1 Å². The molecule has 2 unspecified atom stereocenters. The van der Waals surface area contributed by atoms with Crippen LogP contribution in [0.1, 0.15) is 47.5 Å². The smallest absolute Gasteiger partial charge is 0.252 e. The van der Waals surface area contributed by atoms with Crippen LogP contribution in [0, 0.1) is 0 Å². The molecule has 0 saturated heterocycles. The summed E-state index contributed by atoms with van der Waals surface area (Å²) in [5.74, 6) is 1.65. The molecular weight excluding hydrogens is 364 g/mol. The molecule has 0 bridgehead atoms. The van der Waals surface area contributed by atoms with Gasteiger partial charge in [-0.1, -0.05) is 37.1 Å². The molecule has 5 nitrogen and oxygen atoms in total. The molecule has 0 aliphatic heterocycles. The number of fused-ring (bicyclic) bond motifs is 1. The number of carbonyl (C=O) groups is 1. The molecule has 1 amide bonds. The van der Waals surface area contributed by atoms with Gasteiger partial charge in [-0.25, -0.2) is 0 Å². The van der Waals surface area contributed by atoms with E-state index in [0.29, 0.717) is 5.56 Å². The molecule has 0 spiro atoms. The highest BCUT2D eigenvalue weighted by atomic mass is 16.5. The first-order chi connectivity index (χ1) is 14.2. The summed E-state index contributed by atoms with van der Waals surface area (Å²) in [6.07, 6.45) is 5.98. The first-order valence-electron chi connectivity index (χ1n) is 10.1. The minimum Gasteiger partial charge on any atom is -0.493 e. The summed E-state index contributed by atoms with van der Waals surface area (Å²) < 4.78 is 10.9. The molecule has 1 aliphatic rings. The van der Waals surface area contributed by atoms with Crippen molar-refractivity contribution in [3.05, 3.63) is 65.9 Å². The number of para-hydroxylation sites is 1.